The van der Waals surface area contributed by atoms with E-state index in [2.05, 4.69) is 20.9 Å². The minimum atomic E-state index is -3.07. The van der Waals surface area contributed by atoms with E-state index in [1.165, 1.54) is 11.3 Å². The zero-order valence-electron chi connectivity index (χ0n) is 15.2. The van der Waals surface area contributed by atoms with Crippen LogP contribution in [0.3, 0.4) is 0 Å². The Kier molecular flexibility index (Phi) is 5.20. The summed E-state index contributed by atoms with van der Waals surface area (Å²) in [6, 6.07) is 13.2. The molecular weight excluding hydrogens is 412 g/mol. The lowest BCUT2D eigenvalue weighted by atomic mass is 10.2. The van der Waals surface area contributed by atoms with E-state index >= 15 is 0 Å². The third kappa shape index (κ3) is 4.72. The molecule has 2 aromatic carbocycles. The van der Waals surface area contributed by atoms with Crippen LogP contribution in [0.4, 0.5) is 15.6 Å². The molecule has 1 aliphatic rings. The Morgan fingerprint density at radius 2 is 1.90 bits per heavy atom. The number of nitrogens with one attached hydrogen (secondary N) is 3. The van der Waals surface area contributed by atoms with E-state index in [1.54, 1.807) is 24.3 Å². The first-order valence-corrected chi connectivity index (χ1v) is 11.6. The van der Waals surface area contributed by atoms with Gasteiger partial charge >= 0.3 is 6.03 Å². The summed E-state index contributed by atoms with van der Waals surface area (Å²) < 4.78 is 24.0. The Balaban J connectivity index is 1.40. The number of urea groups is 1. The molecule has 3 N–H and O–H groups in total. The lowest BCUT2D eigenvalue weighted by molar-refractivity contribution is 0.102. The molecule has 4 rings (SSSR count). The molecule has 150 valence electrons. The highest BCUT2D eigenvalue weighted by Gasteiger charge is 2.28. The van der Waals surface area contributed by atoms with E-state index < -0.39 is 21.9 Å². The first-order valence-electron chi connectivity index (χ1n) is 8.93. The van der Waals surface area contributed by atoms with Gasteiger partial charge in [-0.1, -0.05) is 29.5 Å². The van der Waals surface area contributed by atoms with E-state index in [0.29, 0.717) is 22.8 Å². The zero-order valence-corrected chi connectivity index (χ0v) is 16.8. The number of carbonyl (C=O) groups is 2. The summed E-state index contributed by atoms with van der Waals surface area (Å²) in [7, 11) is -3.07. The number of fused-ring (bicyclic) bond motifs is 1. The SMILES string of the molecule is O=C(Nc1cccc(C(=O)Nc2nc3ccccc3s2)c1)N[C@@H]1CCS(=O)(=O)C1. The van der Waals surface area contributed by atoms with Crippen LogP contribution in [0.5, 0.6) is 0 Å². The van der Waals surface area contributed by atoms with Crippen molar-refractivity contribution in [2.45, 2.75) is 12.5 Å². The van der Waals surface area contributed by atoms with Crippen molar-refractivity contribution in [2.75, 3.05) is 22.1 Å². The maximum Gasteiger partial charge on any atom is 0.319 e. The van der Waals surface area contributed by atoms with E-state index in [1.807, 2.05) is 24.3 Å². The molecule has 1 fully saturated rings. The summed E-state index contributed by atoms with van der Waals surface area (Å²) in [5.74, 6) is -0.306. The molecule has 0 aliphatic carbocycles. The van der Waals surface area contributed by atoms with Gasteiger partial charge in [0.1, 0.15) is 0 Å². The minimum absolute atomic E-state index is 0.0506. The Bertz CT molecular complexity index is 1160. The number of carbonyl (C=O) groups excluding carboxylic acids is 2. The first-order chi connectivity index (χ1) is 13.9. The predicted molar refractivity (Wildman–Crippen MR) is 113 cm³/mol. The molecule has 0 saturated carbocycles. The maximum atomic E-state index is 12.5. The highest BCUT2D eigenvalue weighted by atomic mass is 32.2. The van der Waals surface area contributed by atoms with Crippen molar-refractivity contribution in [2.24, 2.45) is 0 Å². The molecule has 29 heavy (non-hydrogen) atoms. The van der Waals surface area contributed by atoms with Crippen molar-refractivity contribution >= 4 is 54.1 Å². The summed E-state index contributed by atoms with van der Waals surface area (Å²) in [6.07, 6.45) is 0.403. The number of hydrogen-bond acceptors (Lipinski definition) is 6. The van der Waals surface area contributed by atoms with Crippen LogP contribution in [0.2, 0.25) is 0 Å². The number of rotatable bonds is 4. The Labute approximate surface area is 171 Å². The van der Waals surface area contributed by atoms with Crippen LogP contribution in [0.25, 0.3) is 10.2 Å². The summed E-state index contributed by atoms with van der Waals surface area (Å²) in [6.45, 7) is 0. The quantitative estimate of drug-likeness (QED) is 0.588. The number of anilines is 2. The molecule has 0 radical (unpaired) electrons. The monoisotopic (exact) mass is 430 g/mol. The van der Waals surface area contributed by atoms with E-state index in [-0.39, 0.29) is 17.4 Å². The van der Waals surface area contributed by atoms with Crippen LogP contribution in [-0.4, -0.2) is 42.9 Å². The van der Waals surface area contributed by atoms with Crippen molar-refractivity contribution < 1.29 is 18.0 Å². The number of amides is 3. The molecule has 3 aromatic rings. The summed E-state index contributed by atoms with van der Waals surface area (Å²) in [5.41, 5.74) is 1.61. The fourth-order valence-corrected chi connectivity index (χ4v) is 5.63. The van der Waals surface area contributed by atoms with Gasteiger partial charge in [-0.05, 0) is 36.8 Å². The molecule has 1 atom stereocenters. The Morgan fingerprint density at radius 3 is 2.66 bits per heavy atom. The molecule has 8 nitrogen and oxygen atoms in total. The van der Waals surface area contributed by atoms with Crippen molar-refractivity contribution in [3.05, 3.63) is 54.1 Å². The molecule has 0 unspecified atom stereocenters. The molecule has 10 heteroatoms. The second-order valence-electron chi connectivity index (χ2n) is 6.72. The number of sulfone groups is 1. The number of thiazole rings is 1. The third-order valence-electron chi connectivity index (χ3n) is 4.46. The van der Waals surface area contributed by atoms with Crippen LogP contribution in [0.15, 0.2) is 48.5 Å². The topological polar surface area (TPSA) is 117 Å². The zero-order chi connectivity index (χ0) is 20.4. The van der Waals surface area contributed by atoms with Gasteiger partial charge in [-0.2, -0.15) is 0 Å². The van der Waals surface area contributed by atoms with Crippen molar-refractivity contribution in [1.29, 1.82) is 0 Å². The Morgan fingerprint density at radius 1 is 1.07 bits per heavy atom. The van der Waals surface area contributed by atoms with Crippen molar-refractivity contribution in [3.8, 4) is 0 Å². The second kappa shape index (κ2) is 7.80. The molecule has 1 aromatic heterocycles. The van der Waals surface area contributed by atoms with E-state index in [9.17, 15) is 18.0 Å². The average Bonchev–Trinajstić information content (AvgIpc) is 3.23. The van der Waals surface area contributed by atoms with Crippen LogP contribution >= 0.6 is 11.3 Å². The van der Waals surface area contributed by atoms with E-state index in [0.717, 1.165) is 10.2 Å². The smallest absolute Gasteiger partial charge is 0.319 e. The van der Waals surface area contributed by atoms with Gasteiger partial charge in [0, 0.05) is 17.3 Å². The number of aromatic nitrogens is 1. The van der Waals surface area contributed by atoms with Gasteiger partial charge in [-0.15, -0.1) is 0 Å². The van der Waals surface area contributed by atoms with Crippen LogP contribution in [0.1, 0.15) is 16.8 Å². The third-order valence-corrected chi connectivity index (χ3v) is 7.18. The molecule has 0 bridgehead atoms. The van der Waals surface area contributed by atoms with Gasteiger partial charge in [-0.25, -0.2) is 18.2 Å². The maximum absolute atomic E-state index is 12.5. The van der Waals surface area contributed by atoms with Crippen LogP contribution in [0, 0.1) is 0 Å². The number of benzene rings is 2. The molecule has 2 heterocycles. The predicted octanol–water partition coefficient (Wildman–Crippen LogP) is 2.86. The lowest BCUT2D eigenvalue weighted by Gasteiger charge is -2.12. The summed E-state index contributed by atoms with van der Waals surface area (Å²) in [5, 5.41) is 8.55. The summed E-state index contributed by atoms with van der Waals surface area (Å²) >= 11 is 1.38. The van der Waals surface area contributed by atoms with Crippen LogP contribution in [-0.2, 0) is 9.84 Å². The molecule has 1 aliphatic heterocycles. The number of para-hydroxylation sites is 1. The van der Waals surface area contributed by atoms with E-state index in [4.69, 9.17) is 0 Å². The van der Waals surface area contributed by atoms with Crippen LogP contribution < -0.4 is 16.0 Å². The Hall–Kier alpha value is -2.98. The van der Waals surface area contributed by atoms with Crippen molar-refractivity contribution in [1.82, 2.24) is 10.3 Å². The lowest BCUT2D eigenvalue weighted by Crippen LogP contribution is -2.38. The highest BCUT2D eigenvalue weighted by molar-refractivity contribution is 7.91. The molecule has 1 saturated heterocycles. The molecule has 3 amide bonds. The normalized spacial score (nSPS) is 17.7. The molecule has 0 spiro atoms. The highest BCUT2D eigenvalue weighted by Crippen LogP contribution is 2.26. The average molecular weight is 431 g/mol. The van der Waals surface area contributed by atoms with Gasteiger partial charge < -0.3 is 10.6 Å². The second-order valence-corrected chi connectivity index (χ2v) is 9.98. The minimum Gasteiger partial charge on any atom is -0.334 e. The molecular formula is C19H18N4O4S2. The fourth-order valence-electron chi connectivity index (χ4n) is 3.09. The van der Waals surface area contributed by atoms with Crippen molar-refractivity contribution in [3.63, 3.8) is 0 Å². The number of nitrogens with zero attached hydrogens (tertiary/aromatic N) is 1. The van der Waals surface area contributed by atoms with Gasteiger partial charge in [-0.3, -0.25) is 10.1 Å². The van der Waals surface area contributed by atoms with Gasteiger partial charge in [0.15, 0.2) is 15.0 Å². The van der Waals surface area contributed by atoms with Gasteiger partial charge in [0.05, 0.1) is 21.7 Å². The largest absolute Gasteiger partial charge is 0.334 e. The standard InChI is InChI=1S/C19H18N4O4S2/c24-17(23-19-22-15-6-1-2-7-16(15)28-19)12-4-3-5-13(10-12)20-18(25)21-14-8-9-29(26,27)11-14/h1-7,10,14H,8-9,11H2,(H2,20,21,25)(H,22,23,24)/t14-/m1/s1. The van der Waals surface area contributed by atoms with Gasteiger partial charge in [0.2, 0.25) is 0 Å². The fraction of sp³-hybridized carbons (Fsp3) is 0.211. The summed E-state index contributed by atoms with van der Waals surface area (Å²) in [4.78, 5) is 29.0. The first kappa shape index (κ1) is 19.3. The van der Waals surface area contributed by atoms with Gasteiger partial charge in [0.25, 0.3) is 5.91 Å². The number of hydrogen-bond donors (Lipinski definition) is 3.